The van der Waals surface area contributed by atoms with Crippen LogP contribution in [0.5, 0.6) is 0 Å². The summed E-state index contributed by atoms with van der Waals surface area (Å²) >= 11 is 0. The zero-order valence-corrected chi connectivity index (χ0v) is 16.1. The highest BCUT2D eigenvalue weighted by Crippen LogP contribution is 2.38. The maximum Gasteiger partial charge on any atom is 0.270 e. The van der Waals surface area contributed by atoms with E-state index in [1.165, 1.54) is 4.68 Å². The number of nitrogens with one attached hydrogen (secondary N) is 1. The van der Waals surface area contributed by atoms with Gasteiger partial charge in [-0.1, -0.05) is 38.1 Å². The number of carbonyl (C=O) groups excluding carboxylic acids is 1. The van der Waals surface area contributed by atoms with Gasteiger partial charge in [0.05, 0.1) is 18.3 Å². The molecule has 0 radical (unpaired) electrons. The lowest BCUT2D eigenvalue weighted by atomic mass is 10.0. The number of rotatable bonds is 6. The van der Waals surface area contributed by atoms with Crippen LogP contribution in [0.4, 0.5) is 0 Å². The molecule has 1 saturated carbocycles. The predicted molar refractivity (Wildman–Crippen MR) is 108 cm³/mol. The lowest BCUT2D eigenvalue weighted by Gasteiger charge is -2.23. The molecular formula is C22H24N4O2. The summed E-state index contributed by atoms with van der Waals surface area (Å²) in [6.07, 6.45) is 3.90. The average molecular weight is 376 g/mol. The lowest BCUT2D eigenvalue weighted by Crippen LogP contribution is -2.44. The first-order chi connectivity index (χ1) is 13.5. The van der Waals surface area contributed by atoms with E-state index < -0.39 is 0 Å². The minimum atomic E-state index is -0.234. The number of benzene rings is 1. The van der Waals surface area contributed by atoms with Crippen molar-refractivity contribution >= 4 is 16.7 Å². The van der Waals surface area contributed by atoms with Crippen molar-refractivity contribution in [3.63, 3.8) is 0 Å². The van der Waals surface area contributed by atoms with Crippen LogP contribution in [0.25, 0.3) is 10.8 Å². The van der Waals surface area contributed by atoms with Gasteiger partial charge in [-0.3, -0.25) is 14.6 Å². The Labute approximate surface area is 163 Å². The zero-order valence-electron chi connectivity index (χ0n) is 16.1. The Morgan fingerprint density at radius 2 is 1.96 bits per heavy atom. The summed E-state index contributed by atoms with van der Waals surface area (Å²) in [6.45, 7) is 4.39. The first kappa shape index (κ1) is 18.3. The molecule has 0 bridgehead atoms. The van der Waals surface area contributed by atoms with E-state index in [9.17, 15) is 9.59 Å². The number of fused-ring (bicyclic) bond motifs is 1. The summed E-state index contributed by atoms with van der Waals surface area (Å²) in [7, 11) is 0. The van der Waals surface area contributed by atoms with E-state index >= 15 is 0 Å². The lowest BCUT2D eigenvalue weighted by molar-refractivity contribution is 0.0915. The van der Waals surface area contributed by atoms with Crippen LogP contribution in [-0.4, -0.2) is 26.7 Å². The van der Waals surface area contributed by atoms with Gasteiger partial charge >= 0.3 is 0 Å². The van der Waals surface area contributed by atoms with Gasteiger partial charge in [0.15, 0.2) is 0 Å². The Bertz CT molecular complexity index is 1060. The normalized spacial score (nSPS) is 15.0. The molecule has 1 amide bonds. The van der Waals surface area contributed by atoms with Crippen LogP contribution in [0.2, 0.25) is 0 Å². The van der Waals surface area contributed by atoms with Gasteiger partial charge in [0.2, 0.25) is 0 Å². The third-order valence-electron chi connectivity index (χ3n) is 5.26. The van der Waals surface area contributed by atoms with Crippen molar-refractivity contribution in [3.8, 4) is 0 Å². The van der Waals surface area contributed by atoms with Crippen molar-refractivity contribution in [3.05, 3.63) is 70.4 Å². The van der Waals surface area contributed by atoms with E-state index in [1.807, 2.05) is 50.2 Å². The second-order valence-electron chi connectivity index (χ2n) is 7.76. The van der Waals surface area contributed by atoms with Crippen molar-refractivity contribution in [2.24, 2.45) is 5.92 Å². The molecular weight excluding hydrogens is 352 g/mol. The van der Waals surface area contributed by atoms with Crippen LogP contribution >= 0.6 is 0 Å². The molecule has 28 heavy (non-hydrogen) atoms. The first-order valence-corrected chi connectivity index (χ1v) is 9.75. The molecule has 6 heteroatoms. The van der Waals surface area contributed by atoms with Gasteiger partial charge in [0.25, 0.3) is 11.5 Å². The van der Waals surface area contributed by atoms with Gasteiger partial charge in [0.1, 0.15) is 5.69 Å². The molecule has 1 aliphatic rings. The molecule has 2 aromatic heterocycles. The van der Waals surface area contributed by atoms with Crippen LogP contribution in [0.3, 0.4) is 0 Å². The van der Waals surface area contributed by atoms with E-state index in [0.29, 0.717) is 18.2 Å². The molecule has 1 N–H and O–H groups in total. The number of nitrogens with zero attached hydrogens (tertiary/aromatic N) is 3. The van der Waals surface area contributed by atoms with Gasteiger partial charge in [-0.25, -0.2) is 4.68 Å². The highest BCUT2D eigenvalue weighted by atomic mass is 16.2. The first-order valence-electron chi connectivity index (χ1n) is 9.75. The summed E-state index contributed by atoms with van der Waals surface area (Å²) < 4.78 is 1.48. The molecule has 1 aliphatic carbocycles. The van der Waals surface area contributed by atoms with E-state index in [4.69, 9.17) is 0 Å². The molecule has 1 aromatic carbocycles. The number of aromatic nitrogens is 3. The van der Waals surface area contributed by atoms with E-state index in [-0.39, 0.29) is 23.4 Å². The van der Waals surface area contributed by atoms with Crippen LogP contribution in [-0.2, 0) is 6.54 Å². The van der Waals surface area contributed by atoms with Gasteiger partial charge < -0.3 is 5.32 Å². The smallest absolute Gasteiger partial charge is 0.270 e. The highest BCUT2D eigenvalue weighted by Gasteiger charge is 2.26. The van der Waals surface area contributed by atoms with Crippen LogP contribution < -0.4 is 10.9 Å². The molecule has 0 aliphatic heterocycles. The Morgan fingerprint density at radius 1 is 1.18 bits per heavy atom. The Morgan fingerprint density at radius 3 is 2.71 bits per heavy atom. The van der Waals surface area contributed by atoms with Gasteiger partial charge in [-0.2, -0.15) is 5.10 Å². The summed E-state index contributed by atoms with van der Waals surface area (Å²) in [5.41, 5.74) is 1.22. The minimum Gasteiger partial charge on any atom is -0.346 e. The number of hydrogen-bond acceptors (Lipinski definition) is 4. The van der Waals surface area contributed by atoms with E-state index in [2.05, 4.69) is 15.4 Å². The highest BCUT2D eigenvalue weighted by molar-refractivity contribution is 6.05. The number of amides is 1. The topological polar surface area (TPSA) is 76.9 Å². The van der Waals surface area contributed by atoms with Crippen molar-refractivity contribution in [2.45, 2.75) is 45.2 Å². The zero-order chi connectivity index (χ0) is 19.7. The fourth-order valence-electron chi connectivity index (χ4n) is 3.34. The van der Waals surface area contributed by atoms with Gasteiger partial charge in [-0.05, 0) is 36.3 Å². The van der Waals surface area contributed by atoms with Gasteiger partial charge in [0, 0.05) is 23.6 Å². The molecule has 3 aromatic rings. The van der Waals surface area contributed by atoms with Crippen molar-refractivity contribution in [1.82, 2.24) is 20.1 Å². The maximum atomic E-state index is 13.0. The largest absolute Gasteiger partial charge is 0.346 e. The molecule has 0 spiro atoms. The third-order valence-corrected chi connectivity index (χ3v) is 5.26. The number of carbonyl (C=O) groups is 1. The van der Waals surface area contributed by atoms with Crippen LogP contribution in [0.15, 0.2) is 53.5 Å². The predicted octanol–water partition coefficient (Wildman–Crippen LogP) is 3.12. The van der Waals surface area contributed by atoms with Gasteiger partial charge in [-0.15, -0.1) is 0 Å². The molecule has 4 rings (SSSR count). The monoisotopic (exact) mass is 376 g/mol. The Hall–Kier alpha value is -3.02. The molecule has 1 atom stereocenters. The fraction of sp³-hybridized carbons (Fsp3) is 0.364. The van der Waals surface area contributed by atoms with Crippen molar-refractivity contribution in [2.75, 3.05) is 0 Å². The standard InChI is InChI=1S/C22H24N4O2/c1-14(2)19(13-26-20(27)10-9-18(25-26)16-7-8-16)24-22(28)21-17-6-4-3-5-15(17)11-12-23-21/h3-6,9-12,14,16,19H,7-8,13H2,1-2H3,(H,24,28)/t19-/m1/s1. The SMILES string of the molecule is CC(C)[C@@H](Cn1nc(C2CC2)ccc1=O)NC(=O)c1nccc2ccccc12. The number of pyridine rings is 1. The second-order valence-corrected chi connectivity index (χ2v) is 7.76. The molecule has 144 valence electrons. The summed E-state index contributed by atoms with van der Waals surface area (Å²) in [6, 6.07) is 12.7. The third kappa shape index (κ3) is 3.81. The molecule has 6 nitrogen and oxygen atoms in total. The molecule has 1 fully saturated rings. The van der Waals surface area contributed by atoms with Crippen molar-refractivity contribution in [1.29, 1.82) is 0 Å². The molecule has 2 heterocycles. The minimum absolute atomic E-state index is 0.136. The summed E-state index contributed by atoms with van der Waals surface area (Å²) in [5, 5.41) is 9.37. The second kappa shape index (κ2) is 7.54. The summed E-state index contributed by atoms with van der Waals surface area (Å²) in [4.78, 5) is 29.5. The maximum absolute atomic E-state index is 13.0. The fourth-order valence-corrected chi connectivity index (χ4v) is 3.34. The van der Waals surface area contributed by atoms with E-state index in [1.54, 1.807) is 12.3 Å². The Balaban J connectivity index is 1.58. The van der Waals surface area contributed by atoms with Crippen LogP contribution in [0, 0.1) is 5.92 Å². The van der Waals surface area contributed by atoms with Crippen LogP contribution in [0.1, 0.15) is 48.8 Å². The quantitative estimate of drug-likeness (QED) is 0.717. The van der Waals surface area contributed by atoms with E-state index in [0.717, 1.165) is 29.3 Å². The van der Waals surface area contributed by atoms with Crippen molar-refractivity contribution < 1.29 is 4.79 Å². The number of hydrogen-bond donors (Lipinski definition) is 1. The summed E-state index contributed by atoms with van der Waals surface area (Å²) in [5.74, 6) is 0.373. The molecule has 0 unspecified atom stereocenters. The Kier molecular flexibility index (Phi) is 4.94. The average Bonchev–Trinajstić information content (AvgIpc) is 3.53. The molecule has 0 saturated heterocycles.